The average Bonchev–Trinajstić information content (AvgIpc) is 2.72. The van der Waals surface area contributed by atoms with Gasteiger partial charge in [-0.1, -0.05) is 60.1 Å². The van der Waals surface area contributed by atoms with Crippen LogP contribution in [0.5, 0.6) is 5.75 Å². The SMILES string of the molecule is CCC(CC)(c1ccc(Br)cc1)N1CCN(C(=O)Oc2ccccc2)CC1. The minimum Gasteiger partial charge on any atom is -0.410 e. The molecule has 1 aliphatic rings. The topological polar surface area (TPSA) is 32.8 Å². The molecule has 2 aromatic rings. The van der Waals surface area contributed by atoms with Gasteiger partial charge in [-0.3, -0.25) is 4.90 Å². The molecule has 0 radical (unpaired) electrons. The molecule has 5 heteroatoms. The maximum atomic E-state index is 12.5. The standard InChI is InChI=1S/C22H27BrN2O2/c1-3-22(4-2,18-10-12-19(23)13-11-18)25-16-14-24(15-17-25)21(26)27-20-8-6-5-7-9-20/h5-13H,3-4,14-17H2,1-2H3. The fourth-order valence-electron chi connectivity index (χ4n) is 4.02. The van der Waals surface area contributed by atoms with Gasteiger partial charge in [0.15, 0.2) is 0 Å². The summed E-state index contributed by atoms with van der Waals surface area (Å²) in [5.41, 5.74) is 1.35. The van der Waals surface area contributed by atoms with Crippen LogP contribution in [0.25, 0.3) is 0 Å². The Morgan fingerprint density at radius 2 is 1.56 bits per heavy atom. The first kappa shape index (κ1) is 19.9. The van der Waals surface area contributed by atoms with Crippen molar-refractivity contribution in [3.8, 4) is 5.75 Å². The molecular weight excluding hydrogens is 404 g/mol. The molecule has 0 N–H and O–H groups in total. The van der Waals surface area contributed by atoms with Gasteiger partial charge < -0.3 is 9.64 Å². The number of carbonyl (C=O) groups excluding carboxylic acids is 1. The van der Waals surface area contributed by atoms with Gasteiger partial charge in [-0.25, -0.2) is 4.79 Å². The van der Waals surface area contributed by atoms with Crippen molar-refractivity contribution in [1.29, 1.82) is 0 Å². The predicted octanol–water partition coefficient (Wildman–Crippen LogP) is 5.28. The molecule has 27 heavy (non-hydrogen) atoms. The lowest BCUT2D eigenvalue weighted by Gasteiger charge is -2.47. The van der Waals surface area contributed by atoms with Gasteiger partial charge in [0, 0.05) is 36.2 Å². The average molecular weight is 431 g/mol. The summed E-state index contributed by atoms with van der Waals surface area (Å²) in [4.78, 5) is 16.8. The highest BCUT2D eigenvalue weighted by Gasteiger charge is 2.37. The van der Waals surface area contributed by atoms with Crippen molar-refractivity contribution in [2.24, 2.45) is 0 Å². The third-order valence-corrected chi connectivity index (χ3v) is 6.17. The molecule has 0 atom stereocenters. The third kappa shape index (κ3) is 4.36. The van der Waals surface area contributed by atoms with Crippen molar-refractivity contribution in [2.75, 3.05) is 26.2 Å². The first-order chi connectivity index (χ1) is 13.1. The van der Waals surface area contributed by atoms with Crippen LogP contribution in [0.3, 0.4) is 0 Å². The maximum Gasteiger partial charge on any atom is 0.415 e. The Bertz CT molecular complexity index is 737. The molecular formula is C22H27BrN2O2. The quantitative estimate of drug-likeness (QED) is 0.646. The Morgan fingerprint density at radius 1 is 0.963 bits per heavy atom. The van der Waals surface area contributed by atoms with Crippen LogP contribution in [-0.2, 0) is 5.54 Å². The van der Waals surface area contributed by atoms with E-state index in [0.29, 0.717) is 18.8 Å². The van der Waals surface area contributed by atoms with Crippen molar-refractivity contribution in [3.63, 3.8) is 0 Å². The van der Waals surface area contributed by atoms with Gasteiger partial charge in [-0.2, -0.15) is 0 Å². The van der Waals surface area contributed by atoms with Gasteiger partial charge in [0.1, 0.15) is 5.75 Å². The van der Waals surface area contributed by atoms with Crippen molar-refractivity contribution >= 4 is 22.0 Å². The highest BCUT2D eigenvalue weighted by atomic mass is 79.9. The Balaban J connectivity index is 1.67. The largest absolute Gasteiger partial charge is 0.415 e. The summed E-state index contributed by atoms with van der Waals surface area (Å²) in [6, 6.07) is 17.9. The Hall–Kier alpha value is -1.85. The molecule has 3 rings (SSSR count). The number of carbonyl (C=O) groups is 1. The molecule has 1 aliphatic heterocycles. The summed E-state index contributed by atoms with van der Waals surface area (Å²) < 4.78 is 6.59. The van der Waals surface area contributed by atoms with Crippen LogP contribution in [0.15, 0.2) is 59.1 Å². The van der Waals surface area contributed by atoms with E-state index in [2.05, 4.69) is 58.9 Å². The summed E-state index contributed by atoms with van der Waals surface area (Å²) in [5, 5.41) is 0. The molecule has 0 aliphatic carbocycles. The second-order valence-electron chi connectivity index (χ2n) is 6.90. The van der Waals surface area contributed by atoms with E-state index in [9.17, 15) is 4.79 Å². The van der Waals surface area contributed by atoms with Gasteiger partial charge in [0.05, 0.1) is 0 Å². The van der Waals surface area contributed by atoms with E-state index in [1.807, 2.05) is 18.2 Å². The number of ether oxygens (including phenoxy) is 1. The monoisotopic (exact) mass is 430 g/mol. The lowest BCUT2D eigenvalue weighted by atomic mass is 9.82. The number of amides is 1. The van der Waals surface area contributed by atoms with Crippen LogP contribution >= 0.6 is 15.9 Å². The molecule has 0 aromatic heterocycles. The lowest BCUT2D eigenvalue weighted by Crippen LogP contribution is -2.56. The van der Waals surface area contributed by atoms with Gasteiger partial charge in [-0.05, 0) is 42.7 Å². The van der Waals surface area contributed by atoms with E-state index in [4.69, 9.17) is 4.74 Å². The molecule has 0 saturated carbocycles. The van der Waals surface area contributed by atoms with Crippen molar-refractivity contribution < 1.29 is 9.53 Å². The molecule has 144 valence electrons. The first-order valence-corrected chi connectivity index (χ1v) is 10.4. The van der Waals surface area contributed by atoms with Gasteiger partial charge in [0.2, 0.25) is 0 Å². The molecule has 4 nitrogen and oxygen atoms in total. The normalized spacial score (nSPS) is 15.6. The second kappa shape index (κ2) is 8.89. The smallest absolute Gasteiger partial charge is 0.410 e. The van der Waals surface area contributed by atoms with Crippen LogP contribution in [0.1, 0.15) is 32.3 Å². The molecule has 1 amide bonds. The van der Waals surface area contributed by atoms with Gasteiger partial charge >= 0.3 is 6.09 Å². The number of hydrogen-bond acceptors (Lipinski definition) is 3. The Kier molecular flexibility index (Phi) is 6.55. The number of nitrogens with zero attached hydrogens (tertiary/aromatic N) is 2. The van der Waals surface area contributed by atoms with E-state index in [-0.39, 0.29) is 11.6 Å². The molecule has 1 heterocycles. The van der Waals surface area contributed by atoms with Crippen molar-refractivity contribution in [3.05, 3.63) is 64.6 Å². The number of benzene rings is 2. The first-order valence-electron chi connectivity index (χ1n) is 9.62. The zero-order valence-corrected chi connectivity index (χ0v) is 17.6. The highest BCUT2D eigenvalue weighted by molar-refractivity contribution is 9.10. The van der Waals surface area contributed by atoms with Crippen LogP contribution < -0.4 is 4.74 Å². The van der Waals surface area contributed by atoms with Gasteiger partial charge in [0.25, 0.3) is 0 Å². The molecule has 0 spiro atoms. The van der Waals surface area contributed by atoms with E-state index in [0.717, 1.165) is 30.4 Å². The number of halogens is 1. The fourth-order valence-corrected chi connectivity index (χ4v) is 4.28. The molecule has 0 unspecified atom stereocenters. The summed E-state index contributed by atoms with van der Waals surface area (Å²) in [5.74, 6) is 0.594. The highest BCUT2D eigenvalue weighted by Crippen LogP contribution is 2.36. The summed E-state index contributed by atoms with van der Waals surface area (Å²) in [6.07, 6.45) is 1.82. The zero-order valence-electron chi connectivity index (χ0n) is 16.0. The van der Waals surface area contributed by atoms with Crippen LogP contribution in [0, 0.1) is 0 Å². The summed E-state index contributed by atoms with van der Waals surface area (Å²) in [6.45, 7) is 7.57. The number of para-hydroxylation sites is 1. The molecule has 1 fully saturated rings. The minimum atomic E-state index is -0.261. The van der Waals surface area contributed by atoms with Crippen LogP contribution in [-0.4, -0.2) is 42.1 Å². The zero-order chi connectivity index (χ0) is 19.3. The number of hydrogen-bond donors (Lipinski definition) is 0. The summed E-state index contributed by atoms with van der Waals surface area (Å²) >= 11 is 3.53. The third-order valence-electron chi connectivity index (χ3n) is 5.64. The minimum absolute atomic E-state index is 0.0100. The van der Waals surface area contributed by atoms with Crippen LogP contribution in [0.2, 0.25) is 0 Å². The Morgan fingerprint density at radius 3 is 2.11 bits per heavy atom. The predicted molar refractivity (Wildman–Crippen MR) is 112 cm³/mol. The second-order valence-corrected chi connectivity index (χ2v) is 7.82. The lowest BCUT2D eigenvalue weighted by molar-refractivity contribution is 0.0264. The van der Waals surface area contributed by atoms with Gasteiger partial charge in [-0.15, -0.1) is 0 Å². The molecule has 1 saturated heterocycles. The molecule has 2 aromatic carbocycles. The van der Waals surface area contributed by atoms with Crippen LogP contribution in [0.4, 0.5) is 4.79 Å². The fraction of sp³-hybridized carbons (Fsp3) is 0.409. The van der Waals surface area contributed by atoms with Crippen molar-refractivity contribution in [1.82, 2.24) is 9.80 Å². The van der Waals surface area contributed by atoms with E-state index in [1.54, 1.807) is 17.0 Å². The summed E-state index contributed by atoms with van der Waals surface area (Å²) in [7, 11) is 0. The van der Waals surface area contributed by atoms with E-state index < -0.39 is 0 Å². The number of piperazine rings is 1. The Labute approximate surface area is 170 Å². The maximum absolute atomic E-state index is 12.5. The van der Waals surface area contributed by atoms with E-state index >= 15 is 0 Å². The van der Waals surface area contributed by atoms with Crippen molar-refractivity contribution in [2.45, 2.75) is 32.2 Å². The van der Waals surface area contributed by atoms with E-state index in [1.165, 1.54) is 5.56 Å². The molecule has 0 bridgehead atoms. The number of rotatable bonds is 5.